The molecule has 0 heterocycles. The van der Waals surface area contributed by atoms with Gasteiger partial charge in [-0.1, -0.05) is 18.7 Å². The Morgan fingerprint density at radius 2 is 2.10 bits per heavy atom. The Morgan fingerprint density at radius 1 is 1.50 bits per heavy atom. The van der Waals surface area contributed by atoms with Gasteiger partial charge in [0.25, 0.3) is 0 Å². The largest absolute Gasteiger partial charge is 0.304 e. The standard InChI is InChI=1S/C8H14N2/c1-4-6-7-8(9,5-2)10-3/h4-5H,1-3,6-7,9H2. The third-order valence-electron chi connectivity index (χ3n) is 1.40. The second-order valence-electron chi connectivity index (χ2n) is 2.18. The van der Waals surface area contributed by atoms with Crippen molar-refractivity contribution in [3.05, 3.63) is 25.3 Å². The Bertz CT molecular complexity index is 130. The molecule has 0 rings (SSSR count). The summed E-state index contributed by atoms with van der Waals surface area (Å²) in [6.07, 6.45) is 4.96. The minimum absolute atomic E-state index is 0.659. The first-order valence-electron chi connectivity index (χ1n) is 3.20. The van der Waals surface area contributed by atoms with Crippen LogP contribution in [0.15, 0.2) is 30.3 Å². The Balaban J connectivity index is 3.91. The van der Waals surface area contributed by atoms with E-state index in [1.807, 2.05) is 0 Å². The van der Waals surface area contributed by atoms with Gasteiger partial charge in [-0.2, -0.15) is 0 Å². The molecule has 2 nitrogen and oxygen atoms in total. The fourth-order valence-electron chi connectivity index (χ4n) is 0.579. The second kappa shape index (κ2) is 4.01. The highest BCUT2D eigenvalue weighted by molar-refractivity contribution is 5.27. The summed E-state index contributed by atoms with van der Waals surface area (Å²) in [6.45, 7) is 10.5. The van der Waals surface area contributed by atoms with Gasteiger partial charge in [0.05, 0.1) is 0 Å². The van der Waals surface area contributed by atoms with Crippen molar-refractivity contribution in [2.45, 2.75) is 18.5 Å². The van der Waals surface area contributed by atoms with Crippen LogP contribution in [0.3, 0.4) is 0 Å². The molecule has 2 heteroatoms. The number of aliphatic imine (C=N–C) groups is 1. The van der Waals surface area contributed by atoms with E-state index in [1.165, 1.54) is 0 Å². The molecule has 0 aromatic carbocycles. The number of hydrogen-bond acceptors (Lipinski definition) is 2. The molecule has 0 aromatic rings. The summed E-state index contributed by atoms with van der Waals surface area (Å²) in [6, 6.07) is 0. The highest BCUT2D eigenvalue weighted by Crippen LogP contribution is 2.11. The van der Waals surface area contributed by atoms with Crippen molar-refractivity contribution in [1.29, 1.82) is 0 Å². The van der Waals surface area contributed by atoms with E-state index in [-0.39, 0.29) is 0 Å². The Kier molecular flexibility index (Phi) is 3.65. The number of rotatable bonds is 5. The second-order valence-corrected chi connectivity index (χ2v) is 2.18. The van der Waals surface area contributed by atoms with Gasteiger partial charge in [0.1, 0.15) is 5.66 Å². The third-order valence-corrected chi connectivity index (χ3v) is 1.40. The van der Waals surface area contributed by atoms with Gasteiger partial charge in [-0.05, 0) is 19.6 Å². The van der Waals surface area contributed by atoms with Crippen LogP contribution in [0.5, 0.6) is 0 Å². The average molecular weight is 138 g/mol. The minimum Gasteiger partial charge on any atom is -0.304 e. The molecule has 56 valence electrons. The van der Waals surface area contributed by atoms with Gasteiger partial charge in [-0.25, -0.2) is 0 Å². The molecule has 0 aliphatic carbocycles. The lowest BCUT2D eigenvalue weighted by molar-refractivity contribution is 0.520. The van der Waals surface area contributed by atoms with Crippen LogP contribution in [0.4, 0.5) is 0 Å². The van der Waals surface area contributed by atoms with E-state index in [4.69, 9.17) is 5.73 Å². The summed E-state index contributed by atoms with van der Waals surface area (Å²) < 4.78 is 0. The molecule has 1 atom stereocenters. The van der Waals surface area contributed by atoms with Gasteiger partial charge in [-0.3, -0.25) is 4.99 Å². The fourth-order valence-corrected chi connectivity index (χ4v) is 0.579. The molecule has 0 aromatic heterocycles. The first-order valence-corrected chi connectivity index (χ1v) is 3.20. The van der Waals surface area contributed by atoms with Crippen LogP contribution in [0, 0.1) is 0 Å². The number of nitrogens with two attached hydrogens (primary N) is 1. The number of nitrogens with zero attached hydrogens (tertiary/aromatic N) is 1. The zero-order chi connectivity index (χ0) is 8.04. The van der Waals surface area contributed by atoms with E-state index in [1.54, 1.807) is 12.2 Å². The zero-order valence-corrected chi connectivity index (χ0v) is 6.21. The minimum atomic E-state index is -0.659. The van der Waals surface area contributed by atoms with E-state index in [2.05, 4.69) is 24.9 Å². The Labute approximate surface area is 62.1 Å². The van der Waals surface area contributed by atoms with Crippen LogP contribution >= 0.6 is 0 Å². The van der Waals surface area contributed by atoms with Gasteiger partial charge in [0, 0.05) is 0 Å². The maximum atomic E-state index is 5.69. The topological polar surface area (TPSA) is 38.4 Å². The summed E-state index contributed by atoms with van der Waals surface area (Å²) >= 11 is 0. The Hall–Kier alpha value is -0.890. The van der Waals surface area contributed by atoms with E-state index < -0.39 is 5.66 Å². The van der Waals surface area contributed by atoms with Gasteiger partial charge in [0.15, 0.2) is 0 Å². The molecule has 0 aliphatic heterocycles. The van der Waals surface area contributed by atoms with Gasteiger partial charge in [-0.15, -0.1) is 6.58 Å². The van der Waals surface area contributed by atoms with Gasteiger partial charge < -0.3 is 5.73 Å². The normalized spacial score (nSPS) is 15.3. The summed E-state index contributed by atoms with van der Waals surface area (Å²) in [5.74, 6) is 0. The summed E-state index contributed by atoms with van der Waals surface area (Å²) in [5.41, 5.74) is 5.03. The van der Waals surface area contributed by atoms with Crippen LogP contribution in [0.1, 0.15) is 12.8 Å². The first kappa shape index (κ1) is 9.11. The predicted octanol–water partition coefficient (Wildman–Crippen LogP) is 1.49. The maximum absolute atomic E-state index is 5.69. The van der Waals surface area contributed by atoms with Crippen molar-refractivity contribution in [3.8, 4) is 0 Å². The molecule has 1 unspecified atom stereocenters. The zero-order valence-electron chi connectivity index (χ0n) is 6.21. The molecule has 0 fully saturated rings. The van der Waals surface area contributed by atoms with E-state index in [9.17, 15) is 0 Å². The van der Waals surface area contributed by atoms with Gasteiger partial charge >= 0.3 is 0 Å². The molecule has 0 amide bonds. The molecule has 0 bridgehead atoms. The van der Waals surface area contributed by atoms with Crippen LogP contribution < -0.4 is 5.73 Å². The van der Waals surface area contributed by atoms with Crippen LogP contribution in [0.2, 0.25) is 0 Å². The summed E-state index contributed by atoms with van der Waals surface area (Å²) in [7, 11) is 0. The third kappa shape index (κ3) is 2.60. The molecular formula is C8H14N2. The van der Waals surface area contributed by atoms with Crippen molar-refractivity contribution in [2.24, 2.45) is 10.7 Å². The molecule has 0 saturated carbocycles. The van der Waals surface area contributed by atoms with Crippen molar-refractivity contribution in [2.75, 3.05) is 0 Å². The van der Waals surface area contributed by atoms with Crippen LogP contribution in [-0.4, -0.2) is 12.4 Å². The molecule has 0 aliphatic rings. The summed E-state index contributed by atoms with van der Waals surface area (Å²) in [5, 5.41) is 0. The lowest BCUT2D eigenvalue weighted by Crippen LogP contribution is -2.34. The lowest BCUT2D eigenvalue weighted by atomic mass is 10.1. The van der Waals surface area contributed by atoms with E-state index in [0.717, 1.165) is 12.8 Å². The quantitative estimate of drug-likeness (QED) is 0.453. The SMILES string of the molecule is C=CCCC(N)(C=C)N=C. The number of hydrogen-bond donors (Lipinski definition) is 1. The fraction of sp³-hybridized carbons (Fsp3) is 0.375. The van der Waals surface area contributed by atoms with Crippen molar-refractivity contribution in [1.82, 2.24) is 0 Å². The molecular weight excluding hydrogens is 124 g/mol. The molecule has 0 saturated heterocycles. The Morgan fingerprint density at radius 3 is 2.40 bits per heavy atom. The van der Waals surface area contributed by atoms with Crippen LogP contribution in [0.25, 0.3) is 0 Å². The maximum Gasteiger partial charge on any atom is 0.126 e. The van der Waals surface area contributed by atoms with E-state index in [0.29, 0.717) is 0 Å². The number of allylic oxidation sites excluding steroid dienone is 1. The smallest absolute Gasteiger partial charge is 0.126 e. The first-order chi connectivity index (χ1) is 4.68. The predicted molar refractivity (Wildman–Crippen MR) is 46.1 cm³/mol. The van der Waals surface area contributed by atoms with Gasteiger partial charge in [0.2, 0.25) is 0 Å². The van der Waals surface area contributed by atoms with E-state index >= 15 is 0 Å². The van der Waals surface area contributed by atoms with Crippen molar-refractivity contribution in [3.63, 3.8) is 0 Å². The summed E-state index contributed by atoms with van der Waals surface area (Å²) in [4.78, 5) is 3.74. The van der Waals surface area contributed by atoms with Crippen molar-refractivity contribution >= 4 is 6.72 Å². The average Bonchev–Trinajstić information content (AvgIpc) is 2.00. The molecule has 2 N–H and O–H groups in total. The molecule has 0 spiro atoms. The highest BCUT2D eigenvalue weighted by Gasteiger charge is 2.15. The van der Waals surface area contributed by atoms with Crippen molar-refractivity contribution < 1.29 is 0 Å². The molecule has 10 heavy (non-hydrogen) atoms. The van der Waals surface area contributed by atoms with Crippen LogP contribution in [-0.2, 0) is 0 Å². The monoisotopic (exact) mass is 138 g/mol. The lowest BCUT2D eigenvalue weighted by Gasteiger charge is -2.18. The molecule has 0 radical (unpaired) electrons. The highest BCUT2D eigenvalue weighted by atomic mass is 15.0.